The summed E-state index contributed by atoms with van der Waals surface area (Å²) in [6, 6.07) is 5.04. The topological polar surface area (TPSA) is 71.6 Å². The first kappa shape index (κ1) is 20.4. The normalized spacial score (nSPS) is 9.96. The van der Waals surface area contributed by atoms with Crippen LogP contribution >= 0.6 is 24.0 Å². The molecule has 1 aromatic carbocycles. The van der Waals surface area contributed by atoms with E-state index in [4.69, 9.17) is 21.7 Å². The Morgan fingerprint density at radius 2 is 2.08 bits per heavy atom. The summed E-state index contributed by atoms with van der Waals surface area (Å²) < 4.78 is 10.8. The molecule has 0 fully saturated rings. The molecule has 0 spiro atoms. The molecule has 1 aromatic rings. The predicted molar refractivity (Wildman–Crippen MR) is 103 cm³/mol. The van der Waals surface area contributed by atoms with Gasteiger partial charge < -0.3 is 14.8 Å². The maximum Gasteiger partial charge on any atom is 0.269 e. The maximum absolute atomic E-state index is 12.2. The molecule has 0 aliphatic carbocycles. The summed E-state index contributed by atoms with van der Waals surface area (Å²) in [5.41, 5.74) is 5.70. The lowest BCUT2D eigenvalue weighted by molar-refractivity contribution is 0.0943. The minimum atomic E-state index is -0.302. The zero-order chi connectivity index (χ0) is 17.8. The molecule has 0 bridgehead atoms. The van der Waals surface area contributed by atoms with Crippen LogP contribution in [0, 0.1) is 0 Å². The summed E-state index contributed by atoms with van der Waals surface area (Å²) in [7, 11) is 1.54. The lowest BCUT2D eigenvalue weighted by Crippen LogP contribution is -2.47. The van der Waals surface area contributed by atoms with E-state index >= 15 is 0 Å². The van der Waals surface area contributed by atoms with Gasteiger partial charge in [0.25, 0.3) is 5.91 Å². The smallest absolute Gasteiger partial charge is 0.269 e. The monoisotopic (exact) mass is 371 g/mol. The number of methoxy groups -OCH3 is 1. The van der Waals surface area contributed by atoms with Gasteiger partial charge in [0.1, 0.15) is 0 Å². The van der Waals surface area contributed by atoms with Crippen LogP contribution in [0.5, 0.6) is 11.5 Å². The molecule has 1 rings (SSSR count). The third-order valence-corrected chi connectivity index (χ3v) is 3.93. The van der Waals surface area contributed by atoms with Crippen LogP contribution in [0.25, 0.3) is 0 Å². The van der Waals surface area contributed by atoms with Crippen molar-refractivity contribution in [2.24, 2.45) is 0 Å². The number of hydrogen-bond donors (Lipinski definition) is 3. The molecular formula is C16H25N3O3S2. The van der Waals surface area contributed by atoms with Crippen LogP contribution in [0.2, 0.25) is 0 Å². The van der Waals surface area contributed by atoms with Crippen LogP contribution in [0.1, 0.15) is 30.1 Å². The van der Waals surface area contributed by atoms with Gasteiger partial charge in [-0.2, -0.15) is 11.8 Å². The number of ether oxygens (including phenoxy) is 2. The van der Waals surface area contributed by atoms with E-state index in [1.807, 2.05) is 6.92 Å². The number of amides is 1. The number of rotatable bonds is 9. The van der Waals surface area contributed by atoms with Crippen molar-refractivity contribution in [2.75, 3.05) is 32.3 Å². The first-order valence-electron chi connectivity index (χ1n) is 7.76. The molecule has 0 saturated heterocycles. The average molecular weight is 372 g/mol. The van der Waals surface area contributed by atoms with Crippen molar-refractivity contribution in [1.82, 2.24) is 16.2 Å². The summed E-state index contributed by atoms with van der Waals surface area (Å²) in [6.45, 7) is 3.39. The number of carbonyl (C=O) groups is 1. The molecule has 0 saturated carbocycles. The number of hydrazine groups is 1. The van der Waals surface area contributed by atoms with Gasteiger partial charge in [0, 0.05) is 12.1 Å². The molecule has 0 aromatic heterocycles. The number of nitrogens with one attached hydrogen (secondary N) is 3. The highest BCUT2D eigenvalue weighted by Gasteiger charge is 2.11. The first-order valence-corrected chi connectivity index (χ1v) is 9.56. The van der Waals surface area contributed by atoms with Gasteiger partial charge in [0.15, 0.2) is 16.6 Å². The van der Waals surface area contributed by atoms with Crippen molar-refractivity contribution in [3.63, 3.8) is 0 Å². The Morgan fingerprint density at radius 1 is 1.29 bits per heavy atom. The minimum absolute atomic E-state index is 0.302. The standard InChI is InChI=1S/C16H25N3O3S2/c1-4-9-22-13-7-6-12(11-14(13)21-2)15(20)18-19-16(23)17-8-5-10-24-3/h6-7,11H,4-5,8-10H2,1-3H3,(H,18,20)(H2,17,19,23). The van der Waals surface area contributed by atoms with Gasteiger partial charge in [-0.25, -0.2) is 0 Å². The fraction of sp³-hybridized carbons (Fsp3) is 0.500. The molecule has 1 amide bonds. The Morgan fingerprint density at radius 3 is 2.75 bits per heavy atom. The van der Waals surface area contributed by atoms with Crippen LogP contribution < -0.4 is 25.6 Å². The average Bonchev–Trinajstić information content (AvgIpc) is 2.61. The highest BCUT2D eigenvalue weighted by atomic mass is 32.2. The summed E-state index contributed by atoms with van der Waals surface area (Å²) >= 11 is 6.88. The first-order chi connectivity index (χ1) is 11.6. The molecule has 0 aliphatic heterocycles. The van der Waals surface area contributed by atoms with Gasteiger partial charge >= 0.3 is 0 Å². The van der Waals surface area contributed by atoms with Crippen molar-refractivity contribution < 1.29 is 14.3 Å². The third kappa shape index (κ3) is 7.27. The number of benzene rings is 1. The Bertz CT molecular complexity index is 541. The Balaban J connectivity index is 2.51. The third-order valence-electron chi connectivity index (χ3n) is 2.99. The molecule has 0 aliphatic rings. The van der Waals surface area contributed by atoms with Gasteiger partial charge in [-0.3, -0.25) is 15.6 Å². The Kier molecular flexibility index (Phi) is 10.0. The van der Waals surface area contributed by atoms with Crippen LogP contribution in [-0.2, 0) is 0 Å². The second-order valence-electron chi connectivity index (χ2n) is 4.90. The second kappa shape index (κ2) is 11.8. The molecule has 24 heavy (non-hydrogen) atoms. The number of thiocarbonyl (C=S) groups is 1. The molecular weight excluding hydrogens is 346 g/mol. The molecule has 0 unspecified atom stereocenters. The van der Waals surface area contributed by atoms with Crippen LogP contribution in [0.15, 0.2) is 18.2 Å². The number of thioether (sulfide) groups is 1. The highest BCUT2D eigenvalue weighted by Crippen LogP contribution is 2.28. The Hall–Kier alpha value is -1.67. The van der Waals surface area contributed by atoms with E-state index in [9.17, 15) is 4.79 Å². The zero-order valence-corrected chi connectivity index (χ0v) is 15.9. The minimum Gasteiger partial charge on any atom is -0.493 e. The lowest BCUT2D eigenvalue weighted by Gasteiger charge is -2.13. The summed E-state index contributed by atoms with van der Waals surface area (Å²) in [4.78, 5) is 12.2. The van der Waals surface area contributed by atoms with E-state index in [1.165, 1.54) is 0 Å². The van der Waals surface area contributed by atoms with Crippen molar-refractivity contribution >= 4 is 35.0 Å². The molecule has 3 N–H and O–H groups in total. The summed E-state index contributed by atoms with van der Waals surface area (Å²) in [6.07, 6.45) is 3.97. The van der Waals surface area contributed by atoms with Gasteiger partial charge in [-0.15, -0.1) is 0 Å². The fourth-order valence-corrected chi connectivity index (χ4v) is 2.37. The van der Waals surface area contributed by atoms with Crippen LogP contribution in [0.3, 0.4) is 0 Å². The summed E-state index contributed by atoms with van der Waals surface area (Å²) in [5, 5.41) is 3.41. The largest absolute Gasteiger partial charge is 0.493 e. The molecule has 134 valence electrons. The highest BCUT2D eigenvalue weighted by molar-refractivity contribution is 7.98. The molecule has 0 heterocycles. The van der Waals surface area contributed by atoms with Crippen LogP contribution in [0.4, 0.5) is 0 Å². The molecule has 8 heteroatoms. The fourth-order valence-electron chi connectivity index (χ4n) is 1.79. The van der Waals surface area contributed by atoms with E-state index < -0.39 is 0 Å². The maximum atomic E-state index is 12.2. The van der Waals surface area contributed by atoms with Gasteiger partial charge in [0.05, 0.1) is 13.7 Å². The van der Waals surface area contributed by atoms with Crippen molar-refractivity contribution in [1.29, 1.82) is 0 Å². The van der Waals surface area contributed by atoms with Gasteiger partial charge in [-0.05, 0) is 55.3 Å². The quantitative estimate of drug-likeness (QED) is 0.350. The molecule has 0 radical (unpaired) electrons. The van der Waals surface area contributed by atoms with E-state index in [1.54, 1.807) is 37.1 Å². The van der Waals surface area contributed by atoms with Gasteiger partial charge in [-0.1, -0.05) is 6.92 Å². The van der Waals surface area contributed by atoms with Crippen molar-refractivity contribution in [3.05, 3.63) is 23.8 Å². The van der Waals surface area contributed by atoms with E-state index in [-0.39, 0.29) is 5.91 Å². The van der Waals surface area contributed by atoms with E-state index in [0.717, 1.165) is 25.1 Å². The molecule has 6 nitrogen and oxygen atoms in total. The van der Waals surface area contributed by atoms with Crippen LogP contribution in [-0.4, -0.2) is 43.3 Å². The number of carbonyl (C=O) groups excluding carboxylic acids is 1. The molecule has 0 atom stereocenters. The summed E-state index contributed by atoms with van der Waals surface area (Å²) in [5.74, 6) is 1.90. The predicted octanol–water partition coefficient (Wildman–Crippen LogP) is 2.35. The van der Waals surface area contributed by atoms with Gasteiger partial charge in [0.2, 0.25) is 0 Å². The number of hydrogen-bond acceptors (Lipinski definition) is 5. The SMILES string of the molecule is CCCOc1ccc(C(=O)NNC(=S)NCCCSC)cc1OC. The van der Waals surface area contributed by atoms with Crippen molar-refractivity contribution in [3.8, 4) is 11.5 Å². The van der Waals surface area contributed by atoms with E-state index in [0.29, 0.717) is 28.8 Å². The Labute approximate surface area is 153 Å². The van der Waals surface area contributed by atoms with E-state index in [2.05, 4.69) is 22.4 Å². The second-order valence-corrected chi connectivity index (χ2v) is 6.29. The van der Waals surface area contributed by atoms with Crippen molar-refractivity contribution in [2.45, 2.75) is 19.8 Å². The lowest BCUT2D eigenvalue weighted by atomic mass is 10.2. The zero-order valence-electron chi connectivity index (χ0n) is 14.3.